The molecule has 0 bridgehead atoms. The molecule has 1 unspecified atom stereocenters. The van der Waals surface area contributed by atoms with E-state index in [-0.39, 0.29) is 17.9 Å². The van der Waals surface area contributed by atoms with Crippen molar-refractivity contribution in [3.63, 3.8) is 0 Å². The Morgan fingerprint density at radius 3 is 2.59 bits per heavy atom. The number of benzene rings is 1. The van der Waals surface area contributed by atoms with Crippen molar-refractivity contribution in [3.05, 3.63) is 53.6 Å². The van der Waals surface area contributed by atoms with Crippen LogP contribution in [0.5, 0.6) is 0 Å². The first-order valence-corrected chi connectivity index (χ1v) is 10.3. The number of fused-ring (bicyclic) bond motifs is 1. The second kappa shape index (κ2) is 9.07. The van der Waals surface area contributed by atoms with Crippen LogP contribution in [0.2, 0.25) is 0 Å². The topological polar surface area (TPSA) is 73.9 Å². The Bertz CT molecular complexity index is 974. The fourth-order valence-electron chi connectivity index (χ4n) is 3.68. The van der Waals surface area contributed by atoms with Crippen LogP contribution in [0.25, 0.3) is 10.9 Å². The number of rotatable bonds is 8. The van der Waals surface area contributed by atoms with Gasteiger partial charge in [0.1, 0.15) is 11.6 Å². The van der Waals surface area contributed by atoms with Gasteiger partial charge in [-0.05, 0) is 31.4 Å². The monoisotopic (exact) mass is 393 g/mol. The molecule has 29 heavy (non-hydrogen) atoms. The second-order valence-corrected chi connectivity index (χ2v) is 7.73. The predicted molar refractivity (Wildman–Crippen MR) is 118 cm³/mol. The summed E-state index contributed by atoms with van der Waals surface area (Å²) in [5.41, 5.74) is 3.10. The van der Waals surface area contributed by atoms with Crippen LogP contribution < -0.4 is 10.2 Å². The van der Waals surface area contributed by atoms with Gasteiger partial charge in [-0.3, -0.25) is 4.79 Å². The molecule has 6 nitrogen and oxygen atoms in total. The molecule has 3 rings (SSSR count). The highest BCUT2D eigenvalue weighted by Gasteiger charge is 2.23. The zero-order valence-corrected chi connectivity index (χ0v) is 18.0. The van der Waals surface area contributed by atoms with Gasteiger partial charge in [-0.1, -0.05) is 32.0 Å². The summed E-state index contributed by atoms with van der Waals surface area (Å²) >= 11 is 0. The average Bonchev–Trinajstić information content (AvgIpc) is 3.11. The highest BCUT2D eigenvalue weighted by atomic mass is 16.1. The van der Waals surface area contributed by atoms with E-state index in [1.165, 1.54) is 5.39 Å². The zero-order chi connectivity index (χ0) is 21.0. The van der Waals surface area contributed by atoms with Crippen LogP contribution in [0.3, 0.4) is 0 Å². The third-order valence-electron chi connectivity index (χ3n) is 5.43. The van der Waals surface area contributed by atoms with Crippen molar-refractivity contribution in [1.29, 1.82) is 0 Å². The summed E-state index contributed by atoms with van der Waals surface area (Å²) in [5, 5.41) is 4.44. The van der Waals surface area contributed by atoms with E-state index in [1.54, 1.807) is 0 Å². The second-order valence-electron chi connectivity index (χ2n) is 7.73. The molecule has 1 atom stereocenters. The summed E-state index contributed by atoms with van der Waals surface area (Å²) in [7, 11) is 3.92. The molecule has 2 N–H and O–H groups in total. The summed E-state index contributed by atoms with van der Waals surface area (Å²) in [5.74, 6) is 1.64. The quantitative estimate of drug-likeness (QED) is 0.602. The molecule has 1 aromatic carbocycles. The van der Waals surface area contributed by atoms with Crippen molar-refractivity contribution in [2.75, 3.05) is 19.0 Å². The molecule has 0 saturated heterocycles. The van der Waals surface area contributed by atoms with Crippen LogP contribution >= 0.6 is 0 Å². The lowest BCUT2D eigenvalue weighted by Crippen LogP contribution is -2.35. The maximum Gasteiger partial charge on any atom is 0.223 e. The Morgan fingerprint density at radius 2 is 1.90 bits per heavy atom. The number of amides is 1. The number of anilines is 1. The third-order valence-corrected chi connectivity index (χ3v) is 5.43. The van der Waals surface area contributed by atoms with Crippen molar-refractivity contribution in [2.45, 2.75) is 46.1 Å². The number of hydrogen-bond donors (Lipinski definition) is 2. The summed E-state index contributed by atoms with van der Waals surface area (Å²) in [4.78, 5) is 27.4. The molecule has 0 aliphatic rings. The van der Waals surface area contributed by atoms with Gasteiger partial charge in [0.2, 0.25) is 5.91 Å². The summed E-state index contributed by atoms with van der Waals surface area (Å²) < 4.78 is 0. The molecule has 0 saturated carbocycles. The molecule has 2 aromatic heterocycles. The first-order chi connectivity index (χ1) is 13.9. The Labute approximate surface area is 172 Å². The number of aryl methyl sites for hydroxylation is 1. The fraction of sp³-hybridized carbons (Fsp3) is 0.435. The molecular formula is C23H31N5O. The van der Waals surface area contributed by atoms with Crippen molar-refractivity contribution in [2.24, 2.45) is 5.92 Å². The van der Waals surface area contributed by atoms with E-state index in [4.69, 9.17) is 0 Å². The van der Waals surface area contributed by atoms with Crippen LogP contribution in [0.1, 0.15) is 49.8 Å². The highest BCUT2D eigenvalue weighted by molar-refractivity contribution is 5.83. The smallest absolute Gasteiger partial charge is 0.223 e. The predicted octanol–water partition coefficient (Wildman–Crippen LogP) is 4.17. The molecule has 0 radical (unpaired) electrons. The van der Waals surface area contributed by atoms with Crippen molar-refractivity contribution in [3.8, 4) is 0 Å². The van der Waals surface area contributed by atoms with Crippen molar-refractivity contribution in [1.82, 2.24) is 20.3 Å². The van der Waals surface area contributed by atoms with Crippen LogP contribution in [0, 0.1) is 12.8 Å². The van der Waals surface area contributed by atoms with Crippen LogP contribution in [-0.2, 0) is 11.2 Å². The van der Waals surface area contributed by atoms with Gasteiger partial charge >= 0.3 is 0 Å². The minimum absolute atomic E-state index is 0.0109. The van der Waals surface area contributed by atoms with Gasteiger partial charge in [0.25, 0.3) is 0 Å². The van der Waals surface area contributed by atoms with E-state index < -0.39 is 0 Å². The molecule has 154 valence electrons. The highest BCUT2D eigenvalue weighted by Crippen LogP contribution is 2.26. The summed E-state index contributed by atoms with van der Waals surface area (Å²) in [6, 6.07) is 9.98. The molecule has 0 aliphatic heterocycles. The Kier molecular flexibility index (Phi) is 6.52. The molecular weight excluding hydrogens is 362 g/mol. The van der Waals surface area contributed by atoms with Gasteiger partial charge in [-0.2, -0.15) is 0 Å². The molecule has 0 fully saturated rings. The Balaban J connectivity index is 1.98. The van der Waals surface area contributed by atoms with Crippen molar-refractivity contribution < 1.29 is 4.79 Å². The van der Waals surface area contributed by atoms with Gasteiger partial charge in [-0.15, -0.1) is 0 Å². The number of aromatic nitrogens is 3. The van der Waals surface area contributed by atoms with Crippen LogP contribution in [0.4, 0.5) is 5.82 Å². The lowest BCUT2D eigenvalue weighted by Gasteiger charge is -2.23. The normalized spacial score (nSPS) is 12.3. The molecule has 1 amide bonds. The minimum atomic E-state index is -0.220. The minimum Gasteiger partial charge on any atom is -0.363 e. The number of hydrogen-bond acceptors (Lipinski definition) is 4. The lowest BCUT2D eigenvalue weighted by molar-refractivity contribution is -0.126. The van der Waals surface area contributed by atoms with E-state index in [0.717, 1.165) is 35.4 Å². The summed E-state index contributed by atoms with van der Waals surface area (Å²) in [6.45, 7) is 6.00. The van der Waals surface area contributed by atoms with E-state index in [2.05, 4.69) is 46.2 Å². The van der Waals surface area contributed by atoms with Crippen LogP contribution in [-0.4, -0.2) is 35.0 Å². The largest absolute Gasteiger partial charge is 0.363 e. The molecule has 0 aliphatic carbocycles. The third kappa shape index (κ3) is 4.75. The van der Waals surface area contributed by atoms with Crippen LogP contribution in [0.15, 0.2) is 36.5 Å². The van der Waals surface area contributed by atoms with E-state index in [9.17, 15) is 4.79 Å². The standard InChI is InChI=1S/C23H31N5O/c1-6-16(7-2)23(29)27-20(21-13-22(28(4)5)26-15(3)25-21)12-17-14-24-19-11-9-8-10-18(17)19/h8-11,13-14,16,20,24H,6-7,12H2,1-5H3,(H,27,29). The van der Waals surface area contributed by atoms with Crippen molar-refractivity contribution >= 4 is 22.6 Å². The van der Waals surface area contributed by atoms with Gasteiger partial charge in [0.15, 0.2) is 0 Å². The SMILES string of the molecule is CCC(CC)C(=O)NC(Cc1c[nH]c2ccccc12)c1cc(N(C)C)nc(C)n1. The lowest BCUT2D eigenvalue weighted by atomic mass is 9.98. The molecule has 6 heteroatoms. The number of para-hydroxylation sites is 1. The van der Waals surface area contributed by atoms with E-state index >= 15 is 0 Å². The van der Waals surface area contributed by atoms with Gasteiger partial charge < -0.3 is 15.2 Å². The fourth-order valence-corrected chi connectivity index (χ4v) is 3.68. The summed E-state index contributed by atoms with van der Waals surface area (Å²) in [6.07, 6.45) is 4.35. The van der Waals surface area contributed by atoms with Gasteiger partial charge in [-0.25, -0.2) is 9.97 Å². The maximum atomic E-state index is 12.9. The van der Waals surface area contributed by atoms with E-state index in [0.29, 0.717) is 12.2 Å². The van der Waals surface area contributed by atoms with E-state index in [1.807, 2.05) is 50.3 Å². The zero-order valence-electron chi connectivity index (χ0n) is 18.0. The average molecular weight is 394 g/mol. The number of carbonyl (C=O) groups is 1. The van der Waals surface area contributed by atoms with Gasteiger partial charge in [0, 0.05) is 49.6 Å². The number of nitrogens with zero attached hydrogens (tertiary/aromatic N) is 3. The number of H-pyrrole nitrogens is 1. The molecule has 3 aromatic rings. The molecule has 0 spiro atoms. The maximum absolute atomic E-state index is 12.9. The number of aromatic amines is 1. The number of nitrogens with one attached hydrogen (secondary N) is 2. The Hall–Kier alpha value is -2.89. The molecule has 2 heterocycles. The number of carbonyl (C=O) groups excluding carboxylic acids is 1. The Morgan fingerprint density at radius 1 is 1.17 bits per heavy atom. The first kappa shape index (κ1) is 20.8. The van der Waals surface area contributed by atoms with Gasteiger partial charge in [0.05, 0.1) is 11.7 Å². The first-order valence-electron chi connectivity index (χ1n) is 10.3.